The van der Waals surface area contributed by atoms with Crippen molar-refractivity contribution in [3.05, 3.63) is 64.7 Å². The third-order valence-corrected chi connectivity index (χ3v) is 6.72. The molecule has 36 heavy (non-hydrogen) atoms. The molecule has 0 heterocycles. The van der Waals surface area contributed by atoms with Gasteiger partial charge in [-0.3, -0.25) is 13.9 Å². The van der Waals surface area contributed by atoms with E-state index in [4.69, 9.17) is 11.6 Å². The maximum atomic E-state index is 13.4. The van der Waals surface area contributed by atoms with Gasteiger partial charge in [0.05, 0.1) is 22.5 Å². The van der Waals surface area contributed by atoms with Crippen LogP contribution in [-0.4, -0.2) is 50.5 Å². The second kappa shape index (κ2) is 12.0. The number of alkyl halides is 3. The standard InChI is InChI=1S/C24H29ClF3N3O4S/c1-16(2)13-29-23(33)17(3)30(14-18-8-6-5-7-9-18)22(32)15-31(36(4,34)35)21-12-19(24(26,27)28)10-11-20(21)25/h5-12,16-17H,13-15H2,1-4H3,(H,29,33)/t17-/m0/s1. The second-order valence-electron chi connectivity index (χ2n) is 8.76. The van der Waals surface area contributed by atoms with Crippen molar-refractivity contribution in [2.75, 3.05) is 23.7 Å². The minimum Gasteiger partial charge on any atom is -0.354 e. The molecule has 2 amide bonds. The van der Waals surface area contributed by atoms with E-state index in [1.165, 1.54) is 11.8 Å². The summed E-state index contributed by atoms with van der Waals surface area (Å²) in [5.74, 6) is -1.08. The van der Waals surface area contributed by atoms with E-state index < -0.39 is 51.9 Å². The number of nitrogens with zero attached hydrogens (tertiary/aromatic N) is 2. The van der Waals surface area contributed by atoms with Crippen LogP contribution in [0.25, 0.3) is 0 Å². The normalized spacial score (nSPS) is 12.8. The summed E-state index contributed by atoms with van der Waals surface area (Å²) in [5, 5.41) is 2.46. The van der Waals surface area contributed by atoms with Crippen molar-refractivity contribution in [1.82, 2.24) is 10.2 Å². The number of hydrogen-bond acceptors (Lipinski definition) is 4. The molecular weight excluding hydrogens is 519 g/mol. The Labute approximate surface area is 214 Å². The molecule has 0 aliphatic rings. The van der Waals surface area contributed by atoms with E-state index in [-0.39, 0.29) is 17.5 Å². The summed E-state index contributed by atoms with van der Waals surface area (Å²) in [6.07, 6.45) is -3.99. The Kier molecular flexibility index (Phi) is 9.78. The van der Waals surface area contributed by atoms with Crippen LogP contribution in [0.1, 0.15) is 31.9 Å². The van der Waals surface area contributed by atoms with E-state index in [0.717, 1.165) is 18.4 Å². The topological polar surface area (TPSA) is 86.8 Å². The number of carbonyl (C=O) groups is 2. The lowest BCUT2D eigenvalue weighted by Crippen LogP contribution is -2.51. The summed E-state index contributed by atoms with van der Waals surface area (Å²) >= 11 is 6.06. The average Bonchev–Trinajstić information content (AvgIpc) is 2.78. The Morgan fingerprint density at radius 1 is 1.06 bits per heavy atom. The predicted octanol–water partition coefficient (Wildman–Crippen LogP) is 4.31. The number of sulfonamides is 1. The van der Waals surface area contributed by atoms with Gasteiger partial charge in [0, 0.05) is 13.1 Å². The van der Waals surface area contributed by atoms with Crippen molar-refractivity contribution in [1.29, 1.82) is 0 Å². The summed E-state index contributed by atoms with van der Waals surface area (Å²) in [4.78, 5) is 27.4. The minimum absolute atomic E-state index is 0.0239. The molecule has 0 unspecified atom stereocenters. The molecule has 0 aliphatic heterocycles. The molecule has 1 atom stereocenters. The van der Waals surface area contributed by atoms with Crippen LogP contribution in [-0.2, 0) is 32.3 Å². The van der Waals surface area contributed by atoms with E-state index in [9.17, 15) is 31.2 Å². The number of carbonyl (C=O) groups excluding carboxylic acids is 2. The van der Waals surface area contributed by atoms with Gasteiger partial charge in [0.15, 0.2) is 0 Å². The van der Waals surface area contributed by atoms with Crippen LogP contribution < -0.4 is 9.62 Å². The molecule has 12 heteroatoms. The number of hydrogen-bond donors (Lipinski definition) is 1. The predicted molar refractivity (Wildman–Crippen MR) is 133 cm³/mol. The zero-order valence-electron chi connectivity index (χ0n) is 20.3. The molecule has 0 saturated carbocycles. The Morgan fingerprint density at radius 3 is 2.19 bits per heavy atom. The van der Waals surface area contributed by atoms with Gasteiger partial charge in [0.25, 0.3) is 0 Å². The highest BCUT2D eigenvalue weighted by molar-refractivity contribution is 7.92. The molecule has 0 bridgehead atoms. The number of rotatable bonds is 10. The van der Waals surface area contributed by atoms with Crippen LogP contribution in [0.15, 0.2) is 48.5 Å². The SMILES string of the molecule is CC(C)CNC(=O)[C@H](C)N(Cc1ccccc1)C(=O)CN(c1cc(C(F)(F)F)ccc1Cl)S(C)(=O)=O. The van der Waals surface area contributed by atoms with E-state index in [0.29, 0.717) is 22.5 Å². The van der Waals surface area contributed by atoms with Crippen molar-refractivity contribution >= 4 is 39.1 Å². The van der Waals surface area contributed by atoms with Crippen LogP contribution in [0.3, 0.4) is 0 Å². The second-order valence-corrected chi connectivity index (χ2v) is 11.1. The lowest BCUT2D eigenvalue weighted by molar-refractivity contribution is -0.139. The molecule has 2 aromatic carbocycles. The van der Waals surface area contributed by atoms with Gasteiger partial charge in [-0.05, 0) is 36.6 Å². The van der Waals surface area contributed by atoms with Crippen molar-refractivity contribution in [2.24, 2.45) is 5.92 Å². The molecule has 0 radical (unpaired) electrons. The van der Waals surface area contributed by atoms with Crippen molar-refractivity contribution in [3.8, 4) is 0 Å². The Hall–Kier alpha value is -2.79. The van der Waals surface area contributed by atoms with E-state index >= 15 is 0 Å². The average molecular weight is 548 g/mol. The highest BCUT2D eigenvalue weighted by Crippen LogP contribution is 2.36. The van der Waals surface area contributed by atoms with Crippen LogP contribution in [0.4, 0.5) is 18.9 Å². The number of anilines is 1. The lowest BCUT2D eigenvalue weighted by Gasteiger charge is -2.32. The molecule has 0 fully saturated rings. The summed E-state index contributed by atoms with van der Waals surface area (Å²) in [6, 6.07) is 9.96. The first-order valence-corrected chi connectivity index (χ1v) is 13.3. The van der Waals surface area contributed by atoms with Crippen LogP contribution >= 0.6 is 11.6 Å². The zero-order valence-corrected chi connectivity index (χ0v) is 21.9. The van der Waals surface area contributed by atoms with Crippen molar-refractivity contribution in [3.63, 3.8) is 0 Å². The molecular formula is C24H29ClF3N3O4S. The van der Waals surface area contributed by atoms with Gasteiger partial charge < -0.3 is 10.2 Å². The number of halogens is 4. The monoisotopic (exact) mass is 547 g/mol. The summed E-state index contributed by atoms with van der Waals surface area (Å²) in [6.45, 7) is 4.80. The third-order valence-electron chi connectivity index (χ3n) is 5.27. The van der Waals surface area contributed by atoms with Gasteiger partial charge >= 0.3 is 6.18 Å². The fraction of sp³-hybridized carbons (Fsp3) is 0.417. The smallest absolute Gasteiger partial charge is 0.354 e. The Balaban J connectivity index is 2.45. The zero-order chi connectivity index (χ0) is 27.3. The highest BCUT2D eigenvalue weighted by Gasteiger charge is 2.34. The maximum Gasteiger partial charge on any atom is 0.416 e. The van der Waals surface area contributed by atoms with E-state index in [1.54, 1.807) is 30.3 Å². The molecule has 7 nitrogen and oxygen atoms in total. The van der Waals surface area contributed by atoms with E-state index in [1.807, 2.05) is 13.8 Å². The molecule has 0 aliphatic carbocycles. The lowest BCUT2D eigenvalue weighted by atomic mass is 10.1. The first-order chi connectivity index (χ1) is 16.6. The highest BCUT2D eigenvalue weighted by atomic mass is 35.5. The maximum absolute atomic E-state index is 13.4. The molecule has 0 saturated heterocycles. The number of benzene rings is 2. The molecule has 2 aromatic rings. The Bertz CT molecular complexity index is 1170. The molecule has 198 valence electrons. The third kappa shape index (κ3) is 8.12. The number of nitrogens with one attached hydrogen (secondary N) is 1. The fourth-order valence-electron chi connectivity index (χ4n) is 3.29. The van der Waals surface area contributed by atoms with Gasteiger partial charge in [0.2, 0.25) is 21.8 Å². The molecule has 0 aromatic heterocycles. The van der Waals surface area contributed by atoms with Crippen LogP contribution in [0, 0.1) is 5.92 Å². The molecule has 1 N–H and O–H groups in total. The van der Waals surface area contributed by atoms with Crippen molar-refractivity contribution < 1.29 is 31.2 Å². The molecule has 2 rings (SSSR count). The number of amides is 2. The fourth-order valence-corrected chi connectivity index (χ4v) is 4.41. The van der Waals surface area contributed by atoms with Gasteiger partial charge in [-0.15, -0.1) is 0 Å². The summed E-state index contributed by atoms with van der Waals surface area (Å²) in [7, 11) is -4.24. The van der Waals surface area contributed by atoms with E-state index in [2.05, 4.69) is 5.32 Å². The van der Waals surface area contributed by atoms with Crippen molar-refractivity contribution in [2.45, 2.75) is 39.5 Å². The first kappa shape index (κ1) is 29.4. The quantitative estimate of drug-likeness (QED) is 0.480. The van der Waals surface area contributed by atoms with Gasteiger partial charge in [0.1, 0.15) is 12.6 Å². The van der Waals surface area contributed by atoms with Crippen LogP contribution in [0.5, 0.6) is 0 Å². The van der Waals surface area contributed by atoms with Gasteiger partial charge in [-0.25, -0.2) is 8.42 Å². The summed E-state index contributed by atoms with van der Waals surface area (Å²) < 4.78 is 65.5. The molecule has 0 spiro atoms. The first-order valence-electron chi connectivity index (χ1n) is 11.1. The Morgan fingerprint density at radius 2 is 1.67 bits per heavy atom. The van der Waals surface area contributed by atoms with Crippen LogP contribution in [0.2, 0.25) is 5.02 Å². The largest absolute Gasteiger partial charge is 0.416 e. The minimum atomic E-state index is -4.76. The van der Waals surface area contributed by atoms with Gasteiger partial charge in [-0.1, -0.05) is 55.8 Å². The summed E-state index contributed by atoms with van der Waals surface area (Å²) in [5.41, 5.74) is -0.929. The van der Waals surface area contributed by atoms with Gasteiger partial charge in [-0.2, -0.15) is 13.2 Å².